The van der Waals surface area contributed by atoms with Gasteiger partial charge >= 0.3 is 0 Å². The summed E-state index contributed by atoms with van der Waals surface area (Å²) in [7, 11) is 0. The third kappa shape index (κ3) is 4.77. The van der Waals surface area contributed by atoms with Crippen molar-refractivity contribution in [3.63, 3.8) is 0 Å². The van der Waals surface area contributed by atoms with E-state index in [9.17, 15) is 4.79 Å². The molecule has 6 nitrogen and oxygen atoms in total. The van der Waals surface area contributed by atoms with Crippen molar-refractivity contribution in [1.82, 2.24) is 25.1 Å². The van der Waals surface area contributed by atoms with Gasteiger partial charge in [0.2, 0.25) is 5.91 Å². The van der Waals surface area contributed by atoms with Crippen LogP contribution in [0.3, 0.4) is 0 Å². The monoisotopic (exact) mass is 385 g/mol. The predicted octanol–water partition coefficient (Wildman–Crippen LogP) is 3.56. The zero-order valence-electron chi connectivity index (χ0n) is 16.0. The number of rotatable bonds is 7. The SMILES string of the molecule is C=CCn1c(SCC(=O)N[C@@H]2CCC[C@H](C)[C@H]2C)nnc1-c1cccnc1. The molecule has 27 heavy (non-hydrogen) atoms. The molecule has 0 radical (unpaired) electrons. The Hall–Kier alpha value is -2.15. The zero-order valence-corrected chi connectivity index (χ0v) is 16.8. The van der Waals surface area contributed by atoms with Crippen LogP contribution in [0.2, 0.25) is 0 Å². The average Bonchev–Trinajstić information content (AvgIpc) is 3.07. The Morgan fingerprint density at radius 3 is 3.00 bits per heavy atom. The van der Waals surface area contributed by atoms with Gasteiger partial charge in [0, 0.05) is 30.5 Å². The standard InChI is InChI=1S/C20H27N5OS/c1-4-11-25-19(16-8-6-10-21-12-16)23-24-20(25)27-13-18(26)22-17-9-5-7-14(2)15(17)3/h4,6,8,10,12,14-15,17H,1,5,7,9,11,13H2,2-3H3,(H,22,26)/t14-,15+,17+/m0/s1. The molecule has 1 aliphatic rings. The molecular weight excluding hydrogens is 358 g/mol. The number of nitrogens with one attached hydrogen (secondary N) is 1. The minimum atomic E-state index is 0.0574. The second-order valence-electron chi connectivity index (χ2n) is 7.18. The van der Waals surface area contributed by atoms with Gasteiger partial charge in [-0.25, -0.2) is 0 Å². The maximum atomic E-state index is 12.5. The minimum absolute atomic E-state index is 0.0574. The van der Waals surface area contributed by atoms with E-state index in [0.717, 1.165) is 17.8 Å². The Morgan fingerprint density at radius 1 is 1.41 bits per heavy atom. The van der Waals surface area contributed by atoms with Crippen molar-refractivity contribution in [2.24, 2.45) is 11.8 Å². The molecule has 3 atom stereocenters. The van der Waals surface area contributed by atoms with Crippen molar-refractivity contribution in [2.75, 3.05) is 5.75 Å². The van der Waals surface area contributed by atoms with Gasteiger partial charge in [0.15, 0.2) is 11.0 Å². The first kappa shape index (κ1) is 19.6. The number of aromatic nitrogens is 4. The summed E-state index contributed by atoms with van der Waals surface area (Å²) >= 11 is 1.41. The van der Waals surface area contributed by atoms with Crippen LogP contribution in [0.5, 0.6) is 0 Å². The fraction of sp³-hybridized carbons (Fsp3) is 0.500. The molecule has 0 bridgehead atoms. The summed E-state index contributed by atoms with van der Waals surface area (Å²) in [6, 6.07) is 4.09. The quantitative estimate of drug-likeness (QED) is 0.583. The lowest BCUT2D eigenvalue weighted by molar-refractivity contribution is -0.120. The van der Waals surface area contributed by atoms with E-state index in [1.165, 1.54) is 24.6 Å². The number of amides is 1. The number of pyridine rings is 1. The van der Waals surface area contributed by atoms with E-state index < -0.39 is 0 Å². The topological polar surface area (TPSA) is 72.7 Å². The van der Waals surface area contributed by atoms with Gasteiger partial charge < -0.3 is 5.32 Å². The van der Waals surface area contributed by atoms with Gasteiger partial charge in [-0.3, -0.25) is 14.3 Å². The van der Waals surface area contributed by atoms with Crippen molar-refractivity contribution in [2.45, 2.75) is 50.9 Å². The van der Waals surface area contributed by atoms with Gasteiger partial charge in [-0.05, 0) is 30.4 Å². The normalized spacial score (nSPS) is 22.4. The summed E-state index contributed by atoms with van der Waals surface area (Å²) in [5.74, 6) is 2.31. The molecule has 144 valence electrons. The second-order valence-corrected chi connectivity index (χ2v) is 8.12. The number of carbonyl (C=O) groups is 1. The summed E-state index contributed by atoms with van der Waals surface area (Å²) in [4.78, 5) is 16.6. The number of nitrogens with zero attached hydrogens (tertiary/aromatic N) is 4. The van der Waals surface area contributed by atoms with Crippen LogP contribution in [-0.2, 0) is 11.3 Å². The summed E-state index contributed by atoms with van der Waals surface area (Å²) in [6.45, 7) is 8.91. The third-order valence-corrected chi connectivity index (χ3v) is 6.30. The lowest BCUT2D eigenvalue weighted by atomic mass is 9.78. The number of allylic oxidation sites excluding steroid dienone is 1. The maximum absolute atomic E-state index is 12.5. The highest BCUT2D eigenvalue weighted by Gasteiger charge is 2.28. The number of thioether (sulfide) groups is 1. The highest BCUT2D eigenvalue weighted by molar-refractivity contribution is 7.99. The maximum Gasteiger partial charge on any atom is 0.230 e. The molecule has 2 aromatic rings. The first-order chi connectivity index (χ1) is 13.1. The molecule has 2 heterocycles. The van der Waals surface area contributed by atoms with Crippen LogP contribution in [0.1, 0.15) is 33.1 Å². The molecule has 3 rings (SSSR count). The molecule has 1 amide bonds. The Bertz CT molecular complexity index is 776. The van der Waals surface area contributed by atoms with Crippen LogP contribution in [0.15, 0.2) is 42.3 Å². The van der Waals surface area contributed by atoms with Crippen molar-refractivity contribution < 1.29 is 4.79 Å². The predicted molar refractivity (Wildman–Crippen MR) is 108 cm³/mol. The Morgan fingerprint density at radius 2 is 2.26 bits per heavy atom. The van der Waals surface area contributed by atoms with Gasteiger partial charge in [0.1, 0.15) is 0 Å². The highest BCUT2D eigenvalue weighted by atomic mass is 32.2. The number of hydrogen-bond acceptors (Lipinski definition) is 5. The van der Waals surface area contributed by atoms with Gasteiger partial charge in [0.05, 0.1) is 5.75 Å². The number of carbonyl (C=O) groups excluding carboxylic acids is 1. The Balaban J connectivity index is 1.64. The van der Waals surface area contributed by atoms with Crippen molar-refractivity contribution in [3.8, 4) is 11.4 Å². The largest absolute Gasteiger partial charge is 0.352 e. The van der Waals surface area contributed by atoms with Crippen LogP contribution in [-0.4, -0.2) is 37.5 Å². The van der Waals surface area contributed by atoms with Gasteiger partial charge in [-0.1, -0.05) is 44.5 Å². The Labute approximate surface area is 164 Å². The molecule has 7 heteroatoms. The van der Waals surface area contributed by atoms with Crippen LogP contribution < -0.4 is 5.32 Å². The minimum Gasteiger partial charge on any atom is -0.352 e. The lowest BCUT2D eigenvalue weighted by Gasteiger charge is -2.34. The molecule has 0 saturated heterocycles. The van der Waals surface area contributed by atoms with E-state index in [1.54, 1.807) is 18.5 Å². The van der Waals surface area contributed by atoms with Crippen LogP contribution in [0, 0.1) is 11.8 Å². The number of hydrogen-bond donors (Lipinski definition) is 1. The zero-order chi connectivity index (χ0) is 19.2. The van der Waals surface area contributed by atoms with Gasteiger partial charge in [-0.2, -0.15) is 0 Å². The van der Waals surface area contributed by atoms with Gasteiger partial charge in [0.25, 0.3) is 0 Å². The average molecular weight is 386 g/mol. The van der Waals surface area contributed by atoms with E-state index >= 15 is 0 Å². The summed E-state index contributed by atoms with van der Waals surface area (Å²) in [5.41, 5.74) is 0.896. The highest BCUT2D eigenvalue weighted by Crippen LogP contribution is 2.30. The Kier molecular flexibility index (Phi) is 6.66. The molecule has 0 aliphatic heterocycles. The molecule has 0 aromatic carbocycles. The van der Waals surface area contributed by atoms with Crippen molar-refractivity contribution >= 4 is 17.7 Å². The van der Waals surface area contributed by atoms with E-state index in [-0.39, 0.29) is 11.9 Å². The molecule has 0 unspecified atom stereocenters. The first-order valence-electron chi connectivity index (χ1n) is 9.46. The summed E-state index contributed by atoms with van der Waals surface area (Å²) < 4.78 is 1.97. The molecule has 1 fully saturated rings. The molecule has 0 spiro atoms. The van der Waals surface area contributed by atoms with E-state index in [4.69, 9.17) is 0 Å². The van der Waals surface area contributed by atoms with Crippen LogP contribution in [0.4, 0.5) is 0 Å². The fourth-order valence-electron chi connectivity index (χ4n) is 3.56. The molecule has 1 saturated carbocycles. The van der Waals surface area contributed by atoms with Crippen molar-refractivity contribution in [1.29, 1.82) is 0 Å². The van der Waals surface area contributed by atoms with Crippen LogP contribution >= 0.6 is 11.8 Å². The molecular formula is C20H27N5OS. The van der Waals surface area contributed by atoms with E-state index in [0.29, 0.717) is 29.3 Å². The van der Waals surface area contributed by atoms with E-state index in [1.807, 2.05) is 16.7 Å². The van der Waals surface area contributed by atoms with Crippen molar-refractivity contribution in [3.05, 3.63) is 37.2 Å². The first-order valence-corrected chi connectivity index (χ1v) is 10.5. The summed E-state index contributed by atoms with van der Waals surface area (Å²) in [5, 5.41) is 12.5. The molecule has 2 aromatic heterocycles. The smallest absolute Gasteiger partial charge is 0.230 e. The third-order valence-electron chi connectivity index (χ3n) is 5.33. The summed E-state index contributed by atoms with van der Waals surface area (Å²) in [6.07, 6.45) is 8.80. The fourth-order valence-corrected chi connectivity index (χ4v) is 4.32. The van der Waals surface area contributed by atoms with E-state index in [2.05, 4.69) is 40.9 Å². The molecule has 1 N–H and O–H groups in total. The second kappa shape index (κ2) is 9.17. The molecule has 1 aliphatic carbocycles. The van der Waals surface area contributed by atoms with Crippen LogP contribution in [0.25, 0.3) is 11.4 Å². The van der Waals surface area contributed by atoms with Gasteiger partial charge in [-0.15, -0.1) is 16.8 Å². The lowest BCUT2D eigenvalue weighted by Crippen LogP contribution is -2.44.